The molecule has 1 rings (SSSR count). The molecule has 0 bridgehead atoms. The van der Waals surface area contributed by atoms with Crippen molar-refractivity contribution in [3.8, 4) is 0 Å². The van der Waals surface area contributed by atoms with Crippen LogP contribution in [-0.2, 0) is 9.53 Å². The number of amides is 1. The zero-order chi connectivity index (χ0) is 11.5. The van der Waals surface area contributed by atoms with Gasteiger partial charge in [0.2, 0.25) is 5.91 Å². The fourth-order valence-corrected chi connectivity index (χ4v) is 1.41. The minimum atomic E-state index is -0.284. The molecule has 0 aromatic heterocycles. The van der Waals surface area contributed by atoms with E-state index in [1.165, 1.54) is 0 Å². The van der Waals surface area contributed by atoms with Gasteiger partial charge in [0.1, 0.15) is 0 Å². The molecular weight excluding hydrogens is 192 g/mol. The van der Waals surface area contributed by atoms with Crippen LogP contribution >= 0.6 is 0 Å². The summed E-state index contributed by atoms with van der Waals surface area (Å²) in [4.78, 5) is 11.7. The van der Waals surface area contributed by atoms with E-state index in [1.807, 2.05) is 20.8 Å². The van der Waals surface area contributed by atoms with E-state index in [1.54, 1.807) is 7.11 Å². The molecule has 2 N–H and O–H groups in total. The SMILES string of the molecule is COC(C)(C)CNC(=O)C(C)C1CNC1. The molecule has 1 saturated heterocycles. The van der Waals surface area contributed by atoms with E-state index >= 15 is 0 Å². The molecule has 15 heavy (non-hydrogen) atoms. The van der Waals surface area contributed by atoms with Crippen LogP contribution < -0.4 is 10.6 Å². The Kier molecular flexibility index (Phi) is 4.11. The Labute approximate surface area is 91.8 Å². The van der Waals surface area contributed by atoms with Crippen LogP contribution in [0.1, 0.15) is 20.8 Å². The minimum Gasteiger partial charge on any atom is -0.377 e. The summed E-state index contributed by atoms with van der Waals surface area (Å²) in [6.07, 6.45) is 0. The summed E-state index contributed by atoms with van der Waals surface area (Å²) in [5.74, 6) is 0.723. The van der Waals surface area contributed by atoms with E-state index in [2.05, 4.69) is 10.6 Å². The number of carbonyl (C=O) groups is 1. The quantitative estimate of drug-likeness (QED) is 0.696. The molecule has 0 aliphatic carbocycles. The lowest BCUT2D eigenvalue weighted by Crippen LogP contribution is -2.51. The van der Waals surface area contributed by atoms with E-state index < -0.39 is 0 Å². The van der Waals surface area contributed by atoms with Gasteiger partial charge in [-0.2, -0.15) is 0 Å². The van der Waals surface area contributed by atoms with Gasteiger partial charge in [-0.05, 0) is 32.9 Å². The average molecular weight is 214 g/mol. The van der Waals surface area contributed by atoms with Crippen molar-refractivity contribution < 1.29 is 9.53 Å². The first kappa shape index (κ1) is 12.5. The monoisotopic (exact) mass is 214 g/mol. The van der Waals surface area contributed by atoms with Gasteiger partial charge in [-0.25, -0.2) is 0 Å². The lowest BCUT2D eigenvalue weighted by Gasteiger charge is -2.32. The summed E-state index contributed by atoms with van der Waals surface area (Å²) in [5.41, 5.74) is -0.284. The van der Waals surface area contributed by atoms with Gasteiger partial charge in [-0.1, -0.05) is 6.92 Å². The second kappa shape index (κ2) is 4.94. The summed E-state index contributed by atoms with van der Waals surface area (Å²) < 4.78 is 5.24. The van der Waals surface area contributed by atoms with Crippen LogP contribution in [0.5, 0.6) is 0 Å². The first-order valence-corrected chi connectivity index (χ1v) is 5.50. The summed E-state index contributed by atoms with van der Waals surface area (Å²) in [7, 11) is 1.66. The number of hydrogen-bond donors (Lipinski definition) is 2. The van der Waals surface area contributed by atoms with Crippen molar-refractivity contribution in [2.24, 2.45) is 11.8 Å². The van der Waals surface area contributed by atoms with E-state index in [-0.39, 0.29) is 17.4 Å². The van der Waals surface area contributed by atoms with Crippen molar-refractivity contribution in [3.05, 3.63) is 0 Å². The predicted octanol–water partition coefficient (Wildman–Crippen LogP) is 0.383. The molecule has 1 atom stereocenters. The summed E-state index contributed by atoms with van der Waals surface area (Å²) in [5, 5.41) is 6.11. The number of ether oxygens (including phenoxy) is 1. The summed E-state index contributed by atoms with van der Waals surface area (Å²) >= 11 is 0. The zero-order valence-electron chi connectivity index (χ0n) is 10.1. The largest absolute Gasteiger partial charge is 0.377 e. The molecule has 1 aliphatic rings. The minimum absolute atomic E-state index is 0.0962. The van der Waals surface area contributed by atoms with Crippen molar-refractivity contribution >= 4 is 5.91 Å². The second-order valence-electron chi connectivity index (χ2n) is 4.89. The number of methoxy groups -OCH3 is 1. The Bertz CT molecular complexity index is 225. The van der Waals surface area contributed by atoms with Crippen LogP contribution in [0.25, 0.3) is 0 Å². The molecule has 0 aromatic carbocycles. The maximum absolute atomic E-state index is 11.7. The van der Waals surface area contributed by atoms with Crippen molar-refractivity contribution in [1.82, 2.24) is 10.6 Å². The van der Waals surface area contributed by atoms with Crippen LogP contribution in [0, 0.1) is 11.8 Å². The molecule has 4 heteroatoms. The highest BCUT2D eigenvalue weighted by Crippen LogP contribution is 2.16. The fraction of sp³-hybridized carbons (Fsp3) is 0.909. The lowest BCUT2D eigenvalue weighted by atomic mass is 9.88. The van der Waals surface area contributed by atoms with Gasteiger partial charge >= 0.3 is 0 Å². The molecule has 88 valence electrons. The molecule has 0 saturated carbocycles. The smallest absolute Gasteiger partial charge is 0.223 e. The highest BCUT2D eigenvalue weighted by Gasteiger charge is 2.29. The topological polar surface area (TPSA) is 50.4 Å². The molecule has 0 radical (unpaired) electrons. The molecular formula is C11H22N2O2. The van der Waals surface area contributed by atoms with Crippen molar-refractivity contribution in [1.29, 1.82) is 0 Å². The number of rotatable bonds is 5. The van der Waals surface area contributed by atoms with E-state index in [9.17, 15) is 4.79 Å². The molecule has 0 aromatic rings. The van der Waals surface area contributed by atoms with Crippen LogP contribution in [0.4, 0.5) is 0 Å². The van der Waals surface area contributed by atoms with Gasteiger partial charge in [0, 0.05) is 19.6 Å². The van der Waals surface area contributed by atoms with Gasteiger partial charge in [-0.15, -0.1) is 0 Å². The Morgan fingerprint density at radius 3 is 2.60 bits per heavy atom. The highest BCUT2D eigenvalue weighted by molar-refractivity contribution is 5.78. The van der Waals surface area contributed by atoms with E-state index in [0.717, 1.165) is 13.1 Å². The standard InChI is InChI=1S/C11H22N2O2/c1-8(9-5-12-6-9)10(14)13-7-11(2,3)15-4/h8-9,12H,5-7H2,1-4H3,(H,13,14). The third kappa shape index (κ3) is 3.47. The Morgan fingerprint density at radius 2 is 2.20 bits per heavy atom. The first-order chi connectivity index (χ1) is 6.96. The Morgan fingerprint density at radius 1 is 1.60 bits per heavy atom. The Hall–Kier alpha value is -0.610. The second-order valence-corrected chi connectivity index (χ2v) is 4.89. The number of carbonyl (C=O) groups excluding carboxylic acids is 1. The van der Waals surface area contributed by atoms with Gasteiger partial charge in [0.25, 0.3) is 0 Å². The normalized spacial score (nSPS) is 19.5. The van der Waals surface area contributed by atoms with Crippen molar-refractivity contribution in [2.45, 2.75) is 26.4 Å². The van der Waals surface area contributed by atoms with Crippen LogP contribution in [0.15, 0.2) is 0 Å². The molecule has 1 amide bonds. The molecule has 1 unspecified atom stereocenters. The molecule has 1 heterocycles. The predicted molar refractivity (Wildman–Crippen MR) is 59.6 cm³/mol. The number of hydrogen-bond acceptors (Lipinski definition) is 3. The zero-order valence-corrected chi connectivity index (χ0v) is 10.1. The molecule has 4 nitrogen and oxygen atoms in total. The Balaban J connectivity index is 2.28. The highest BCUT2D eigenvalue weighted by atomic mass is 16.5. The maximum Gasteiger partial charge on any atom is 0.223 e. The molecule has 1 fully saturated rings. The van der Waals surface area contributed by atoms with Gasteiger partial charge in [0.15, 0.2) is 0 Å². The first-order valence-electron chi connectivity index (χ1n) is 5.50. The van der Waals surface area contributed by atoms with Gasteiger partial charge in [0.05, 0.1) is 5.60 Å². The van der Waals surface area contributed by atoms with E-state index in [0.29, 0.717) is 12.5 Å². The van der Waals surface area contributed by atoms with Gasteiger partial charge in [-0.3, -0.25) is 4.79 Å². The molecule has 0 spiro atoms. The van der Waals surface area contributed by atoms with Crippen molar-refractivity contribution in [3.63, 3.8) is 0 Å². The third-order valence-corrected chi connectivity index (χ3v) is 3.17. The van der Waals surface area contributed by atoms with Crippen LogP contribution in [0.3, 0.4) is 0 Å². The van der Waals surface area contributed by atoms with E-state index in [4.69, 9.17) is 4.74 Å². The summed E-state index contributed by atoms with van der Waals surface area (Å²) in [6.45, 7) is 8.39. The average Bonchev–Trinajstić information content (AvgIpc) is 2.11. The maximum atomic E-state index is 11.7. The number of nitrogens with one attached hydrogen (secondary N) is 2. The summed E-state index contributed by atoms with van der Waals surface area (Å²) in [6, 6.07) is 0. The van der Waals surface area contributed by atoms with Crippen molar-refractivity contribution in [2.75, 3.05) is 26.7 Å². The lowest BCUT2D eigenvalue weighted by molar-refractivity contribution is -0.128. The third-order valence-electron chi connectivity index (χ3n) is 3.17. The molecule has 1 aliphatic heterocycles. The van der Waals surface area contributed by atoms with Crippen LogP contribution in [-0.4, -0.2) is 38.3 Å². The van der Waals surface area contributed by atoms with Crippen LogP contribution in [0.2, 0.25) is 0 Å². The van der Waals surface area contributed by atoms with Gasteiger partial charge < -0.3 is 15.4 Å². The fourth-order valence-electron chi connectivity index (χ4n) is 1.41.